The van der Waals surface area contributed by atoms with Crippen LogP contribution in [0.5, 0.6) is 5.75 Å². The quantitative estimate of drug-likeness (QED) is 0.393. The Hall–Kier alpha value is -2.85. The van der Waals surface area contributed by atoms with E-state index in [1.54, 1.807) is 36.5 Å². The van der Waals surface area contributed by atoms with Gasteiger partial charge in [0.25, 0.3) is 0 Å². The number of aromatic nitrogens is 2. The molecule has 8 nitrogen and oxygen atoms in total. The summed E-state index contributed by atoms with van der Waals surface area (Å²) in [6.45, 7) is 1.06. The molecule has 0 spiro atoms. The number of phenolic OH excluding ortho intramolecular Hbond substituents is 1. The van der Waals surface area contributed by atoms with E-state index >= 15 is 0 Å². The summed E-state index contributed by atoms with van der Waals surface area (Å²) >= 11 is 0. The lowest BCUT2D eigenvalue weighted by atomic mass is 10.0. The molecular weight excluding hydrogens is 440 g/mol. The molecule has 2 aromatic carbocycles. The second-order valence-corrected chi connectivity index (χ2v) is 9.93. The molecule has 0 amide bonds. The molecule has 1 atom stereocenters. The molecule has 0 aliphatic rings. The number of rotatable bonds is 11. The van der Waals surface area contributed by atoms with Crippen LogP contribution in [0.4, 0.5) is 0 Å². The molecular formula is C24H30N4O4S. The van der Waals surface area contributed by atoms with Crippen molar-refractivity contribution in [2.75, 3.05) is 19.3 Å². The van der Waals surface area contributed by atoms with E-state index in [0.29, 0.717) is 43.7 Å². The maximum atomic E-state index is 12.1. The summed E-state index contributed by atoms with van der Waals surface area (Å²) < 4.78 is 25.7. The van der Waals surface area contributed by atoms with Crippen LogP contribution in [0.3, 0.4) is 0 Å². The molecule has 3 rings (SSSR count). The smallest absolute Gasteiger partial charge is 0.211 e. The average molecular weight is 471 g/mol. The van der Waals surface area contributed by atoms with Crippen molar-refractivity contribution in [3.8, 4) is 17.0 Å². The molecule has 9 heteroatoms. The molecule has 1 heterocycles. The van der Waals surface area contributed by atoms with Gasteiger partial charge >= 0.3 is 0 Å². The van der Waals surface area contributed by atoms with E-state index in [2.05, 4.69) is 9.97 Å². The first kappa shape index (κ1) is 24.8. The van der Waals surface area contributed by atoms with Gasteiger partial charge in [-0.25, -0.2) is 18.4 Å². The van der Waals surface area contributed by atoms with Gasteiger partial charge in [0.2, 0.25) is 10.0 Å². The molecule has 33 heavy (non-hydrogen) atoms. The number of sulfonamides is 1. The number of hydrogen-bond donors (Lipinski definition) is 3. The first-order valence-corrected chi connectivity index (χ1v) is 12.6. The zero-order chi connectivity index (χ0) is 23.8. The lowest BCUT2D eigenvalue weighted by Crippen LogP contribution is -2.31. The molecule has 0 aliphatic carbocycles. The zero-order valence-corrected chi connectivity index (χ0v) is 19.4. The maximum absolute atomic E-state index is 12.1. The average Bonchev–Trinajstić information content (AvgIpc) is 2.80. The van der Waals surface area contributed by atoms with Gasteiger partial charge in [-0.1, -0.05) is 30.3 Å². The molecule has 176 valence electrons. The zero-order valence-electron chi connectivity index (χ0n) is 18.6. The highest BCUT2D eigenvalue weighted by atomic mass is 32.2. The van der Waals surface area contributed by atoms with E-state index in [0.717, 1.165) is 16.8 Å². The van der Waals surface area contributed by atoms with Crippen molar-refractivity contribution in [2.24, 2.45) is 5.73 Å². The lowest BCUT2D eigenvalue weighted by molar-refractivity contribution is 0.166. The Balaban J connectivity index is 1.72. The third-order valence-corrected chi connectivity index (χ3v) is 6.51. The number of aliphatic hydroxyl groups is 1. The summed E-state index contributed by atoms with van der Waals surface area (Å²) in [5, 5.41) is 20.0. The fourth-order valence-corrected chi connectivity index (χ4v) is 4.35. The van der Waals surface area contributed by atoms with Gasteiger partial charge in [0, 0.05) is 31.3 Å². The highest BCUT2D eigenvalue weighted by Gasteiger charge is 2.17. The Labute approximate surface area is 194 Å². The lowest BCUT2D eigenvalue weighted by Gasteiger charge is -2.20. The van der Waals surface area contributed by atoms with Gasteiger partial charge < -0.3 is 15.9 Å². The molecule has 3 aromatic rings. The number of hydrogen-bond acceptors (Lipinski definition) is 7. The molecule has 0 radical (unpaired) electrons. The second kappa shape index (κ2) is 11.3. The fraction of sp³-hybridized carbons (Fsp3) is 0.333. The number of aryl methyl sites for hydroxylation is 1. The predicted molar refractivity (Wildman–Crippen MR) is 128 cm³/mol. The minimum atomic E-state index is -3.35. The molecule has 0 bridgehead atoms. The second-order valence-electron chi connectivity index (χ2n) is 7.95. The van der Waals surface area contributed by atoms with Gasteiger partial charge in [-0.15, -0.1) is 0 Å². The number of nitrogens with two attached hydrogens (primary N) is 1. The topological polar surface area (TPSA) is 130 Å². The fourth-order valence-electron chi connectivity index (χ4n) is 3.51. The molecule has 0 saturated carbocycles. The summed E-state index contributed by atoms with van der Waals surface area (Å²) in [5.41, 5.74) is 8.63. The normalized spacial score (nSPS) is 12.7. The minimum absolute atomic E-state index is 0.113. The summed E-state index contributed by atoms with van der Waals surface area (Å²) in [4.78, 5) is 8.94. The number of benzene rings is 2. The molecule has 1 aromatic heterocycles. The van der Waals surface area contributed by atoms with Gasteiger partial charge in [0.1, 0.15) is 11.6 Å². The third kappa shape index (κ3) is 7.33. The summed E-state index contributed by atoms with van der Waals surface area (Å²) in [6.07, 6.45) is 3.62. The van der Waals surface area contributed by atoms with Crippen LogP contribution in [-0.2, 0) is 23.0 Å². The largest absolute Gasteiger partial charge is 0.508 e. The van der Waals surface area contributed by atoms with Crippen LogP contribution < -0.4 is 5.73 Å². The van der Waals surface area contributed by atoms with E-state index in [1.807, 2.05) is 24.3 Å². The third-order valence-electron chi connectivity index (χ3n) is 5.26. The maximum Gasteiger partial charge on any atom is 0.211 e. The predicted octanol–water partition coefficient (Wildman–Crippen LogP) is 2.63. The Morgan fingerprint density at radius 2 is 1.91 bits per heavy atom. The Bertz CT molecular complexity index is 1170. The van der Waals surface area contributed by atoms with Crippen LogP contribution in [0.25, 0.3) is 11.3 Å². The van der Waals surface area contributed by atoms with Crippen LogP contribution in [0, 0.1) is 0 Å². The van der Waals surface area contributed by atoms with Gasteiger partial charge in [-0.2, -0.15) is 4.31 Å². The number of nitrogens with zero attached hydrogens (tertiary/aromatic N) is 3. The van der Waals surface area contributed by atoms with Gasteiger partial charge in [-0.3, -0.25) is 0 Å². The summed E-state index contributed by atoms with van der Waals surface area (Å²) in [5.74, 6) is 0.708. The van der Waals surface area contributed by atoms with Crippen LogP contribution in [0.1, 0.15) is 35.9 Å². The van der Waals surface area contributed by atoms with Crippen molar-refractivity contribution in [1.82, 2.24) is 14.3 Å². The van der Waals surface area contributed by atoms with Crippen molar-refractivity contribution in [2.45, 2.75) is 31.9 Å². The number of phenols is 1. The highest BCUT2D eigenvalue weighted by molar-refractivity contribution is 7.88. The molecule has 0 fully saturated rings. The Morgan fingerprint density at radius 3 is 2.64 bits per heavy atom. The van der Waals surface area contributed by atoms with Crippen LogP contribution in [0.15, 0.2) is 60.8 Å². The number of aliphatic hydroxyl groups excluding tert-OH is 1. The van der Waals surface area contributed by atoms with Crippen molar-refractivity contribution in [1.29, 1.82) is 0 Å². The van der Waals surface area contributed by atoms with Gasteiger partial charge in [0.15, 0.2) is 0 Å². The van der Waals surface area contributed by atoms with Crippen molar-refractivity contribution >= 4 is 10.0 Å². The minimum Gasteiger partial charge on any atom is -0.508 e. The van der Waals surface area contributed by atoms with E-state index in [9.17, 15) is 18.6 Å². The van der Waals surface area contributed by atoms with Crippen LogP contribution in [-0.4, -0.2) is 52.2 Å². The van der Waals surface area contributed by atoms with Crippen molar-refractivity contribution < 1.29 is 18.6 Å². The standard InChI is InChI=1S/C24H30N4O4S/c1-33(31,32)28(14-4-12-25)17-18-5-2-6-19(15-18)22-11-13-26-24(27-22)10-9-23(30)20-7-3-8-21(29)16-20/h2-3,5-8,11,13,15-16,23,29-30H,4,9-10,12,14,17,25H2,1H3/t23-/m0/s1. The Morgan fingerprint density at radius 1 is 1.12 bits per heavy atom. The Kier molecular flexibility index (Phi) is 8.51. The molecule has 0 saturated heterocycles. The van der Waals surface area contributed by atoms with E-state index in [4.69, 9.17) is 5.73 Å². The summed E-state index contributed by atoms with van der Waals surface area (Å²) in [7, 11) is -3.35. The van der Waals surface area contributed by atoms with Gasteiger partial charge in [0.05, 0.1) is 18.1 Å². The van der Waals surface area contributed by atoms with Gasteiger partial charge in [-0.05, 0) is 54.8 Å². The van der Waals surface area contributed by atoms with E-state index in [-0.39, 0.29) is 12.3 Å². The van der Waals surface area contributed by atoms with Crippen molar-refractivity contribution in [3.05, 3.63) is 77.7 Å². The van der Waals surface area contributed by atoms with E-state index in [1.165, 1.54) is 10.6 Å². The van der Waals surface area contributed by atoms with E-state index < -0.39 is 16.1 Å². The highest BCUT2D eigenvalue weighted by Crippen LogP contribution is 2.23. The molecule has 0 unspecified atom stereocenters. The number of aromatic hydroxyl groups is 1. The molecule has 4 N–H and O–H groups in total. The summed E-state index contributed by atoms with van der Waals surface area (Å²) in [6, 6.07) is 16.0. The van der Waals surface area contributed by atoms with Crippen LogP contribution >= 0.6 is 0 Å². The SMILES string of the molecule is CS(=O)(=O)N(CCCN)Cc1cccc(-c2ccnc(CC[C@H](O)c3cccc(O)c3)n2)c1. The monoisotopic (exact) mass is 470 g/mol. The van der Waals surface area contributed by atoms with Crippen molar-refractivity contribution in [3.63, 3.8) is 0 Å². The first-order valence-electron chi connectivity index (χ1n) is 10.8. The first-order chi connectivity index (χ1) is 15.8. The molecule has 0 aliphatic heterocycles. The van der Waals surface area contributed by atoms with Crippen LogP contribution in [0.2, 0.25) is 0 Å².